The second-order valence-corrected chi connectivity index (χ2v) is 6.81. The fourth-order valence-corrected chi connectivity index (χ4v) is 2.79. The highest BCUT2D eigenvalue weighted by atomic mass is 32.1. The van der Waals surface area contributed by atoms with E-state index in [0.29, 0.717) is 0 Å². The molecule has 0 spiro atoms. The van der Waals surface area contributed by atoms with Gasteiger partial charge >= 0.3 is 0 Å². The molecule has 0 fully saturated rings. The predicted molar refractivity (Wildman–Crippen MR) is 76.9 cm³/mol. The number of rotatable bonds is 4. The van der Waals surface area contributed by atoms with Crippen molar-refractivity contribution in [1.82, 2.24) is 15.5 Å². The summed E-state index contributed by atoms with van der Waals surface area (Å²) in [6, 6.07) is 4.46. The third kappa shape index (κ3) is 3.21. The van der Waals surface area contributed by atoms with Crippen LogP contribution in [-0.4, -0.2) is 10.2 Å². The molecule has 18 heavy (non-hydrogen) atoms. The number of H-pyrrole nitrogens is 1. The van der Waals surface area contributed by atoms with E-state index in [1.165, 1.54) is 15.3 Å². The van der Waals surface area contributed by atoms with Gasteiger partial charge in [0, 0.05) is 34.1 Å². The molecule has 3 nitrogen and oxygen atoms in total. The zero-order valence-corrected chi connectivity index (χ0v) is 12.3. The average molecular weight is 263 g/mol. The number of aryl methyl sites for hydroxylation is 1. The SMILES string of the molecule is Cc1[nH]ncc1CNCc1ccc(C(C)(C)C)s1. The molecule has 0 aliphatic carbocycles. The summed E-state index contributed by atoms with van der Waals surface area (Å²) in [6.45, 7) is 10.6. The molecule has 2 heterocycles. The summed E-state index contributed by atoms with van der Waals surface area (Å²) in [5.74, 6) is 0. The molecule has 2 aromatic rings. The molecule has 0 amide bonds. The smallest absolute Gasteiger partial charge is 0.0535 e. The van der Waals surface area contributed by atoms with Crippen LogP contribution in [-0.2, 0) is 18.5 Å². The lowest BCUT2D eigenvalue weighted by Crippen LogP contribution is -2.12. The van der Waals surface area contributed by atoms with Crippen LogP contribution >= 0.6 is 11.3 Å². The molecule has 0 bridgehead atoms. The molecule has 0 radical (unpaired) electrons. The van der Waals surface area contributed by atoms with Crippen molar-refractivity contribution >= 4 is 11.3 Å². The summed E-state index contributed by atoms with van der Waals surface area (Å²) in [5.41, 5.74) is 2.64. The molecule has 0 saturated carbocycles. The highest BCUT2D eigenvalue weighted by Crippen LogP contribution is 2.29. The Morgan fingerprint density at radius 3 is 2.61 bits per heavy atom. The van der Waals surface area contributed by atoms with Gasteiger partial charge in [0.25, 0.3) is 0 Å². The monoisotopic (exact) mass is 263 g/mol. The topological polar surface area (TPSA) is 40.7 Å². The molecule has 2 rings (SSSR count). The van der Waals surface area contributed by atoms with Crippen LogP contribution in [0.4, 0.5) is 0 Å². The van der Waals surface area contributed by atoms with Crippen LogP contribution in [0.1, 0.15) is 41.8 Å². The van der Waals surface area contributed by atoms with Gasteiger partial charge in [-0.25, -0.2) is 0 Å². The van der Waals surface area contributed by atoms with Crippen molar-refractivity contribution in [2.24, 2.45) is 0 Å². The molecule has 0 aliphatic rings. The number of hydrogen-bond donors (Lipinski definition) is 2. The van der Waals surface area contributed by atoms with Crippen molar-refractivity contribution in [1.29, 1.82) is 0 Å². The number of thiophene rings is 1. The van der Waals surface area contributed by atoms with Crippen molar-refractivity contribution in [3.8, 4) is 0 Å². The number of aromatic nitrogens is 2. The van der Waals surface area contributed by atoms with E-state index in [0.717, 1.165) is 18.8 Å². The van der Waals surface area contributed by atoms with E-state index < -0.39 is 0 Å². The van der Waals surface area contributed by atoms with Gasteiger partial charge < -0.3 is 5.32 Å². The molecule has 0 aromatic carbocycles. The largest absolute Gasteiger partial charge is 0.308 e. The first kappa shape index (κ1) is 13.3. The van der Waals surface area contributed by atoms with E-state index in [2.05, 4.69) is 48.4 Å². The number of hydrogen-bond acceptors (Lipinski definition) is 3. The molecule has 0 aliphatic heterocycles. The Labute approximate surface area is 113 Å². The molecule has 0 saturated heterocycles. The van der Waals surface area contributed by atoms with Gasteiger partial charge in [-0.05, 0) is 24.5 Å². The van der Waals surface area contributed by atoms with Crippen LogP contribution in [0.15, 0.2) is 18.3 Å². The van der Waals surface area contributed by atoms with Gasteiger partial charge in [-0.15, -0.1) is 11.3 Å². The van der Waals surface area contributed by atoms with Crippen LogP contribution in [0.5, 0.6) is 0 Å². The molecular formula is C14H21N3S. The molecule has 0 unspecified atom stereocenters. The maximum Gasteiger partial charge on any atom is 0.0535 e. The van der Waals surface area contributed by atoms with E-state index in [-0.39, 0.29) is 5.41 Å². The second-order valence-electron chi connectivity index (χ2n) is 5.64. The summed E-state index contributed by atoms with van der Waals surface area (Å²) < 4.78 is 0. The Kier molecular flexibility index (Phi) is 3.88. The van der Waals surface area contributed by atoms with Gasteiger partial charge in [0.05, 0.1) is 6.20 Å². The van der Waals surface area contributed by atoms with Gasteiger partial charge in [-0.2, -0.15) is 5.10 Å². The van der Waals surface area contributed by atoms with Crippen LogP contribution < -0.4 is 5.32 Å². The highest BCUT2D eigenvalue weighted by molar-refractivity contribution is 7.12. The van der Waals surface area contributed by atoms with Gasteiger partial charge in [0.1, 0.15) is 0 Å². The second kappa shape index (κ2) is 5.24. The molecule has 98 valence electrons. The zero-order valence-electron chi connectivity index (χ0n) is 11.5. The third-order valence-electron chi connectivity index (χ3n) is 2.95. The van der Waals surface area contributed by atoms with Crippen molar-refractivity contribution < 1.29 is 0 Å². The minimum absolute atomic E-state index is 0.254. The molecule has 0 atom stereocenters. The summed E-state index contributed by atoms with van der Waals surface area (Å²) >= 11 is 1.90. The fraction of sp³-hybridized carbons (Fsp3) is 0.500. The number of aromatic amines is 1. The minimum Gasteiger partial charge on any atom is -0.308 e. The van der Waals surface area contributed by atoms with Gasteiger partial charge in [-0.3, -0.25) is 5.10 Å². The first-order valence-corrected chi connectivity index (χ1v) is 7.07. The van der Waals surface area contributed by atoms with Crippen molar-refractivity contribution in [2.45, 2.75) is 46.2 Å². The Balaban J connectivity index is 1.88. The van der Waals surface area contributed by atoms with Crippen LogP contribution in [0.3, 0.4) is 0 Å². The van der Waals surface area contributed by atoms with E-state index in [9.17, 15) is 0 Å². The Morgan fingerprint density at radius 1 is 1.28 bits per heavy atom. The zero-order chi connectivity index (χ0) is 13.2. The summed E-state index contributed by atoms with van der Waals surface area (Å²) in [7, 11) is 0. The van der Waals surface area contributed by atoms with Crippen molar-refractivity contribution in [3.63, 3.8) is 0 Å². The first-order chi connectivity index (χ1) is 8.47. The van der Waals surface area contributed by atoms with Gasteiger partial charge in [0.2, 0.25) is 0 Å². The van der Waals surface area contributed by atoms with E-state index >= 15 is 0 Å². The maximum absolute atomic E-state index is 4.02. The first-order valence-electron chi connectivity index (χ1n) is 6.25. The summed E-state index contributed by atoms with van der Waals surface area (Å²) in [6.07, 6.45) is 1.89. The van der Waals surface area contributed by atoms with Crippen molar-refractivity contribution in [3.05, 3.63) is 39.3 Å². The average Bonchev–Trinajstić information content (AvgIpc) is 2.88. The third-order valence-corrected chi connectivity index (χ3v) is 4.46. The molecule has 2 aromatic heterocycles. The van der Waals surface area contributed by atoms with Gasteiger partial charge in [-0.1, -0.05) is 20.8 Å². The van der Waals surface area contributed by atoms with E-state index in [1.54, 1.807) is 0 Å². The van der Waals surface area contributed by atoms with Crippen LogP contribution in [0, 0.1) is 6.92 Å². The standard InChI is InChI=1S/C14H21N3S/c1-10-11(8-16-17-10)7-15-9-12-5-6-13(18-12)14(2,3)4/h5-6,8,15H,7,9H2,1-4H3,(H,16,17). The molecular weight excluding hydrogens is 242 g/mol. The number of nitrogens with one attached hydrogen (secondary N) is 2. The Hall–Kier alpha value is -1.13. The normalized spacial score (nSPS) is 12.0. The molecule has 2 N–H and O–H groups in total. The summed E-state index contributed by atoms with van der Waals surface area (Å²) in [4.78, 5) is 2.83. The lowest BCUT2D eigenvalue weighted by Gasteiger charge is -2.15. The quantitative estimate of drug-likeness (QED) is 0.888. The summed E-state index contributed by atoms with van der Waals surface area (Å²) in [5, 5.41) is 10.4. The Bertz CT molecular complexity index is 505. The fourth-order valence-electron chi connectivity index (χ4n) is 1.75. The van der Waals surface area contributed by atoms with E-state index in [1.807, 2.05) is 24.5 Å². The lowest BCUT2D eigenvalue weighted by atomic mass is 9.95. The Morgan fingerprint density at radius 2 is 2.06 bits per heavy atom. The van der Waals surface area contributed by atoms with Crippen LogP contribution in [0.2, 0.25) is 0 Å². The maximum atomic E-state index is 4.02. The number of nitrogens with zero attached hydrogens (tertiary/aromatic N) is 1. The molecule has 4 heteroatoms. The van der Waals surface area contributed by atoms with Crippen molar-refractivity contribution in [2.75, 3.05) is 0 Å². The van der Waals surface area contributed by atoms with Gasteiger partial charge in [0.15, 0.2) is 0 Å². The predicted octanol–water partition coefficient (Wildman–Crippen LogP) is 3.37. The lowest BCUT2D eigenvalue weighted by molar-refractivity contribution is 0.604. The minimum atomic E-state index is 0.254. The van der Waals surface area contributed by atoms with Crippen LogP contribution in [0.25, 0.3) is 0 Å². The highest BCUT2D eigenvalue weighted by Gasteiger charge is 2.15. The van der Waals surface area contributed by atoms with E-state index in [4.69, 9.17) is 0 Å².